The lowest BCUT2D eigenvalue weighted by atomic mass is 9.97. The largest absolute Gasteiger partial charge is 0.242 e. The minimum absolute atomic E-state index is 0.140. The Hall–Kier alpha value is -1.54. The van der Waals surface area contributed by atoms with E-state index in [1.807, 2.05) is 20.8 Å². The monoisotopic (exact) mass is 481 g/mol. The number of fused-ring (bicyclic) bond motifs is 1. The molecule has 2 unspecified atom stereocenters. The zero-order valence-electron chi connectivity index (χ0n) is 21.7. The van der Waals surface area contributed by atoms with Gasteiger partial charge in [-0.15, -0.1) is 0 Å². The molecule has 0 radical (unpaired) electrons. The summed E-state index contributed by atoms with van der Waals surface area (Å²) in [7, 11) is -1.72. The minimum atomic E-state index is -1.21. The zero-order valence-corrected chi connectivity index (χ0v) is 23.4. The summed E-state index contributed by atoms with van der Waals surface area (Å²) in [6.07, 6.45) is 0. The summed E-state index contributed by atoms with van der Waals surface area (Å²) in [5, 5.41) is 4.09. The molecule has 0 aliphatic carbocycles. The average Bonchev–Trinajstić information content (AvgIpc) is 2.69. The molecule has 178 valence electrons. The van der Waals surface area contributed by atoms with Gasteiger partial charge in [0.15, 0.2) is 0 Å². The fraction of sp³-hybridized carbons (Fsp3) is 0.448. The van der Waals surface area contributed by atoms with Crippen molar-refractivity contribution in [3.8, 4) is 0 Å². The number of hydrogen-bond donors (Lipinski definition) is 1. The molecule has 3 rings (SSSR count). The van der Waals surface area contributed by atoms with E-state index in [0.717, 1.165) is 5.56 Å². The summed E-state index contributed by atoms with van der Waals surface area (Å²) < 4.78 is 16.5. The van der Waals surface area contributed by atoms with Crippen molar-refractivity contribution in [3.63, 3.8) is 0 Å². The Bertz CT molecular complexity index is 1120. The Morgan fingerprint density at radius 1 is 0.727 bits per heavy atom. The molecule has 0 saturated heterocycles. The molecule has 0 spiro atoms. The summed E-state index contributed by atoms with van der Waals surface area (Å²) in [5.41, 5.74) is 2.39. The molecule has 0 saturated carbocycles. The smallest absolute Gasteiger partial charge is 0.0979 e. The number of hydrogen-bond acceptors (Lipinski definition) is 1. The molecule has 3 aromatic carbocycles. The summed E-state index contributed by atoms with van der Waals surface area (Å²) in [6.45, 7) is 20.2. The molecule has 0 aromatic heterocycles. The lowest BCUT2D eigenvalue weighted by Gasteiger charge is -2.43. The van der Waals surface area contributed by atoms with Crippen molar-refractivity contribution in [3.05, 3.63) is 77.9 Å². The minimum Gasteiger partial charge on any atom is -0.242 e. The van der Waals surface area contributed by atoms with Crippen LogP contribution in [-0.2, 0) is 11.0 Å². The first-order valence-electron chi connectivity index (χ1n) is 11.8. The molecule has 1 N–H and O–H groups in total. The molecule has 4 heteroatoms. The first-order chi connectivity index (χ1) is 15.2. The third kappa shape index (κ3) is 6.13. The van der Waals surface area contributed by atoms with Gasteiger partial charge in [0.25, 0.3) is 0 Å². The van der Waals surface area contributed by atoms with Gasteiger partial charge in [-0.05, 0) is 64.4 Å². The van der Waals surface area contributed by atoms with Gasteiger partial charge in [-0.1, -0.05) is 110 Å². The number of benzene rings is 3. The van der Waals surface area contributed by atoms with E-state index in [0.29, 0.717) is 0 Å². The molecule has 0 amide bonds. The molecule has 2 nitrogen and oxygen atoms in total. The van der Waals surface area contributed by atoms with Crippen molar-refractivity contribution < 1.29 is 4.21 Å². The Labute approximate surface area is 204 Å². The maximum Gasteiger partial charge on any atom is 0.0979 e. The van der Waals surface area contributed by atoms with Crippen LogP contribution in [0.5, 0.6) is 0 Å². The Morgan fingerprint density at radius 3 is 1.85 bits per heavy atom. The van der Waals surface area contributed by atoms with E-state index in [-0.39, 0.29) is 21.1 Å². The van der Waals surface area contributed by atoms with Crippen molar-refractivity contribution in [1.29, 1.82) is 0 Å². The lowest BCUT2D eigenvalue weighted by Crippen LogP contribution is -2.39. The SMILES string of the molecule is CC(C)(C)P(c1ccccc1C(NS(=O)C(C)(C)C)c1ccc2ccccc2c1)C(C)(C)C. The Kier molecular flexibility index (Phi) is 7.59. The third-order valence-corrected chi connectivity index (χ3v) is 10.9. The van der Waals surface area contributed by atoms with Crippen molar-refractivity contribution in [2.45, 2.75) is 83.4 Å². The van der Waals surface area contributed by atoms with Crippen LogP contribution in [0, 0.1) is 0 Å². The summed E-state index contributed by atoms with van der Waals surface area (Å²) in [4.78, 5) is 0. The van der Waals surface area contributed by atoms with Gasteiger partial charge >= 0.3 is 0 Å². The number of rotatable bonds is 5. The van der Waals surface area contributed by atoms with Crippen molar-refractivity contribution >= 4 is 35.0 Å². The highest BCUT2D eigenvalue weighted by Crippen LogP contribution is 2.59. The molecule has 33 heavy (non-hydrogen) atoms. The summed E-state index contributed by atoms with van der Waals surface area (Å²) in [5.74, 6) is 0. The molecular weight excluding hydrogens is 441 g/mol. The van der Waals surface area contributed by atoms with E-state index in [2.05, 4.69) is 113 Å². The summed E-state index contributed by atoms with van der Waals surface area (Å²) >= 11 is 0. The standard InChI is InChI=1S/C29H40NOPS/c1-27(2,3)32(28(4,5)6)25-17-13-12-16-24(25)26(30-33(31)29(7,8)9)23-19-18-21-14-10-11-15-22(21)20-23/h10-20,26,30H,1-9H3. The van der Waals surface area contributed by atoms with E-state index in [4.69, 9.17) is 0 Å². The molecule has 0 fully saturated rings. The fourth-order valence-corrected chi connectivity index (χ4v) is 9.63. The second-order valence-corrected chi connectivity index (χ2v) is 17.6. The lowest BCUT2D eigenvalue weighted by molar-refractivity contribution is 0.624. The van der Waals surface area contributed by atoms with Gasteiger partial charge in [0.1, 0.15) is 0 Å². The molecule has 0 aliphatic heterocycles. The quantitative estimate of drug-likeness (QED) is 0.372. The van der Waals surface area contributed by atoms with Crippen LogP contribution in [0.4, 0.5) is 0 Å². The fourth-order valence-electron chi connectivity index (χ4n) is 4.65. The topological polar surface area (TPSA) is 29.1 Å². The van der Waals surface area contributed by atoms with Gasteiger partial charge in [0.2, 0.25) is 0 Å². The first-order valence-corrected chi connectivity index (χ1v) is 14.2. The maximum absolute atomic E-state index is 13.4. The third-order valence-electron chi connectivity index (χ3n) is 5.72. The van der Waals surface area contributed by atoms with Gasteiger partial charge in [0, 0.05) is 0 Å². The van der Waals surface area contributed by atoms with E-state index < -0.39 is 18.9 Å². The van der Waals surface area contributed by atoms with Crippen molar-refractivity contribution in [2.24, 2.45) is 0 Å². The van der Waals surface area contributed by atoms with E-state index in [9.17, 15) is 4.21 Å². The van der Waals surface area contributed by atoms with Gasteiger partial charge in [0.05, 0.1) is 21.8 Å². The van der Waals surface area contributed by atoms with Crippen LogP contribution in [0.3, 0.4) is 0 Å². The van der Waals surface area contributed by atoms with E-state index in [1.165, 1.54) is 21.6 Å². The highest BCUT2D eigenvalue weighted by atomic mass is 32.2. The van der Waals surface area contributed by atoms with E-state index in [1.54, 1.807) is 0 Å². The van der Waals surface area contributed by atoms with Crippen molar-refractivity contribution in [2.75, 3.05) is 0 Å². The molecule has 2 atom stereocenters. The molecular formula is C29H40NOPS. The van der Waals surface area contributed by atoms with Crippen LogP contribution < -0.4 is 10.0 Å². The van der Waals surface area contributed by atoms with Gasteiger partial charge in [-0.3, -0.25) is 0 Å². The van der Waals surface area contributed by atoms with Crippen LogP contribution in [-0.4, -0.2) is 19.3 Å². The molecule has 0 bridgehead atoms. The predicted molar refractivity (Wildman–Crippen MR) is 149 cm³/mol. The highest BCUT2D eigenvalue weighted by Gasteiger charge is 2.38. The first kappa shape index (κ1) is 26.1. The van der Waals surface area contributed by atoms with Crippen LogP contribution >= 0.6 is 7.92 Å². The van der Waals surface area contributed by atoms with Crippen LogP contribution in [0.15, 0.2) is 66.7 Å². The average molecular weight is 482 g/mol. The second-order valence-electron chi connectivity index (χ2n) is 11.8. The highest BCUT2D eigenvalue weighted by molar-refractivity contribution is 7.84. The van der Waals surface area contributed by atoms with Gasteiger partial charge in [-0.2, -0.15) is 0 Å². The number of nitrogens with one attached hydrogen (secondary N) is 1. The Balaban J connectivity index is 2.24. The summed E-state index contributed by atoms with van der Waals surface area (Å²) in [6, 6.07) is 23.7. The second kappa shape index (κ2) is 9.61. The molecule has 0 heterocycles. The van der Waals surface area contributed by atoms with Crippen molar-refractivity contribution in [1.82, 2.24) is 4.72 Å². The van der Waals surface area contributed by atoms with Crippen LogP contribution in [0.2, 0.25) is 0 Å². The van der Waals surface area contributed by atoms with E-state index >= 15 is 0 Å². The van der Waals surface area contributed by atoms with Crippen LogP contribution in [0.1, 0.15) is 79.5 Å². The molecule has 3 aromatic rings. The zero-order chi connectivity index (χ0) is 24.6. The maximum atomic E-state index is 13.4. The van der Waals surface area contributed by atoms with Gasteiger partial charge in [-0.25, -0.2) is 8.93 Å². The Morgan fingerprint density at radius 2 is 1.27 bits per heavy atom. The predicted octanol–water partition coefficient (Wildman–Crippen LogP) is 7.69. The van der Waals surface area contributed by atoms with Gasteiger partial charge < -0.3 is 0 Å². The molecule has 0 aliphatic rings. The normalized spacial score (nSPS) is 15.1. The van der Waals surface area contributed by atoms with Crippen LogP contribution in [0.25, 0.3) is 10.8 Å².